The van der Waals surface area contributed by atoms with E-state index in [1.807, 2.05) is 24.3 Å². The molecule has 0 unspecified atom stereocenters. The van der Waals surface area contributed by atoms with Crippen LogP contribution in [-0.2, 0) is 14.8 Å². The van der Waals surface area contributed by atoms with E-state index in [2.05, 4.69) is 10.2 Å². The summed E-state index contributed by atoms with van der Waals surface area (Å²) in [6.07, 6.45) is 5.09. The molecule has 1 aliphatic heterocycles. The SMILES string of the molecule is CC[C@@H](C(=O)Nc1ccc(N2CCCCC2)cc1)N(c1cccc(OC)c1)S(C)(=O)=O. The topological polar surface area (TPSA) is 79.0 Å². The maximum atomic E-state index is 13.1. The standard InChI is InChI=1S/C23H31N3O4S/c1-4-22(26(31(3,28)29)20-9-8-10-21(17-20)30-2)23(27)24-18-11-13-19(14-12-18)25-15-6-5-7-16-25/h8-14,17,22H,4-7,15-16H2,1-3H3,(H,24,27)/t22-/m0/s1. The Labute approximate surface area is 185 Å². The number of nitrogens with zero attached hydrogens (tertiary/aromatic N) is 2. The predicted octanol–water partition coefficient (Wildman–Crippen LogP) is 3.87. The molecule has 0 aliphatic carbocycles. The maximum Gasteiger partial charge on any atom is 0.248 e. The molecule has 0 bridgehead atoms. The summed E-state index contributed by atoms with van der Waals surface area (Å²) in [4.78, 5) is 15.4. The normalized spacial score (nSPS) is 15.3. The molecule has 1 N–H and O–H groups in total. The third-order valence-electron chi connectivity index (χ3n) is 5.49. The number of carbonyl (C=O) groups excluding carboxylic acids is 1. The lowest BCUT2D eigenvalue weighted by Crippen LogP contribution is -2.47. The van der Waals surface area contributed by atoms with Crippen molar-refractivity contribution in [3.05, 3.63) is 48.5 Å². The summed E-state index contributed by atoms with van der Waals surface area (Å²) in [5.41, 5.74) is 2.17. The van der Waals surface area contributed by atoms with E-state index in [1.54, 1.807) is 31.2 Å². The van der Waals surface area contributed by atoms with Gasteiger partial charge in [-0.25, -0.2) is 8.42 Å². The Balaban J connectivity index is 1.80. The second-order valence-electron chi connectivity index (χ2n) is 7.77. The van der Waals surface area contributed by atoms with Crippen molar-refractivity contribution in [2.45, 2.75) is 38.6 Å². The molecule has 1 amide bonds. The molecule has 31 heavy (non-hydrogen) atoms. The number of piperidine rings is 1. The number of sulfonamides is 1. The van der Waals surface area contributed by atoms with Gasteiger partial charge in [0.15, 0.2) is 0 Å². The zero-order valence-corrected chi connectivity index (χ0v) is 19.2. The number of nitrogens with one attached hydrogen (secondary N) is 1. The number of benzene rings is 2. The number of hydrogen-bond donors (Lipinski definition) is 1. The number of hydrogen-bond acceptors (Lipinski definition) is 5. The van der Waals surface area contributed by atoms with E-state index in [-0.39, 0.29) is 5.91 Å². The van der Waals surface area contributed by atoms with Crippen molar-refractivity contribution in [3.63, 3.8) is 0 Å². The van der Waals surface area contributed by atoms with Gasteiger partial charge >= 0.3 is 0 Å². The lowest BCUT2D eigenvalue weighted by molar-refractivity contribution is -0.117. The Hall–Kier alpha value is -2.74. The van der Waals surface area contributed by atoms with E-state index in [9.17, 15) is 13.2 Å². The summed E-state index contributed by atoms with van der Waals surface area (Å²) in [6, 6.07) is 13.6. The van der Waals surface area contributed by atoms with Crippen LogP contribution >= 0.6 is 0 Å². The minimum Gasteiger partial charge on any atom is -0.497 e. The van der Waals surface area contributed by atoms with Gasteiger partial charge in [0.2, 0.25) is 15.9 Å². The molecular weight excluding hydrogens is 414 g/mol. The van der Waals surface area contributed by atoms with Crippen LogP contribution in [0.1, 0.15) is 32.6 Å². The number of methoxy groups -OCH3 is 1. The van der Waals surface area contributed by atoms with Crippen LogP contribution in [0.4, 0.5) is 17.1 Å². The zero-order valence-electron chi connectivity index (χ0n) is 18.4. The molecule has 2 aromatic rings. The fraction of sp³-hybridized carbons (Fsp3) is 0.435. The molecule has 0 aromatic heterocycles. The van der Waals surface area contributed by atoms with Crippen molar-refractivity contribution in [1.29, 1.82) is 0 Å². The molecule has 0 spiro atoms. The summed E-state index contributed by atoms with van der Waals surface area (Å²) in [7, 11) is -2.19. The second-order valence-corrected chi connectivity index (χ2v) is 9.63. The third-order valence-corrected chi connectivity index (χ3v) is 6.67. The smallest absolute Gasteiger partial charge is 0.248 e. The molecule has 7 nitrogen and oxygen atoms in total. The number of anilines is 3. The molecule has 8 heteroatoms. The summed E-state index contributed by atoms with van der Waals surface area (Å²) in [5.74, 6) is 0.149. The van der Waals surface area contributed by atoms with Crippen LogP contribution < -0.4 is 19.3 Å². The van der Waals surface area contributed by atoms with E-state index < -0.39 is 16.1 Å². The average molecular weight is 446 g/mol. The number of carbonyl (C=O) groups is 1. The van der Waals surface area contributed by atoms with Gasteiger partial charge in [-0.05, 0) is 62.1 Å². The van der Waals surface area contributed by atoms with Gasteiger partial charge < -0.3 is 15.0 Å². The monoisotopic (exact) mass is 445 g/mol. The van der Waals surface area contributed by atoms with Crippen molar-refractivity contribution >= 4 is 33.0 Å². The first-order chi connectivity index (χ1) is 14.8. The zero-order chi connectivity index (χ0) is 22.4. The quantitative estimate of drug-likeness (QED) is 0.667. The Kier molecular flexibility index (Phi) is 7.43. The molecule has 1 aliphatic rings. The first-order valence-electron chi connectivity index (χ1n) is 10.6. The van der Waals surface area contributed by atoms with Gasteiger partial charge in [-0.15, -0.1) is 0 Å². The molecule has 0 saturated carbocycles. The lowest BCUT2D eigenvalue weighted by atomic mass is 10.1. The average Bonchev–Trinajstić information content (AvgIpc) is 2.77. The fourth-order valence-corrected chi connectivity index (χ4v) is 5.14. The Morgan fingerprint density at radius 2 is 1.81 bits per heavy atom. The van der Waals surface area contributed by atoms with Crippen molar-refractivity contribution < 1.29 is 17.9 Å². The van der Waals surface area contributed by atoms with Crippen molar-refractivity contribution in [3.8, 4) is 5.75 Å². The summed E-state index contributed by atoms with van der Waals surface area (Å²) in [5, 5.41) is 2.88. The van der Waals surface area contributed by atoms with Crippen LogP contribution in [0.2, 0.25) is 0 Å². The Bertz CT molecular complexity index is 986. The molecule has 1 heterocycles. The van der Waals surface area contributed by atoms with Gasteiger partial charge in [-0.2, -0.15) is 0 Å². The maximum absolute atomic E-state index is 13.1. The van der Waals surface area contributed by atoms with Crippen LogP contribution in [-0.4, -0.2) is 46.8 Å². The first-order valence-corrected chi connectivity index (χ1v) is 12.5. The number of rotatable bonds is 8. The molecule has 3 rings (SSSR count). The van der Waals surface area contributed by atoms with Crippen molar-refractivity contribution in [1.82, 2.24) is 0 Å². The predicted molar refractivity (Wildman–Crippen MR) is 126 cm³/mol. The van der Waals surface area contributed by atoms with Crippen molar-refractivity contribution in [2.24, 2.45) is 0 Å². The highest BCUT2D eigenvalue weighted by atomic mass is 32.2. The van der Waals surface area contributed by atoms with Gasteiger partial charge in [-0.1, -0.05) is 13.0 Å². The second kappa shape index (κ2) is 10.0. The molecule has 2 aromatic carbocycles. The van der Waals surface area contributed by atoms with E-state index in [0.717, 1.165) is 29.3 Å². The van der Waals surface area contributed by atoms with Crippen LogP contribution in [0.15, 0.2) is 48.5 Å². The van der Waals surface area contributed by atoms with Crippen LogP contribution in [0.5, 0.6) is 5.75 Å². The molecule has 1 saturated heterocycles. The van der Waals surface area contributed by atoms with E-state index >= 15 is 0 Å². The lowest BCUT2D eigenvalue weighted by Gasteiger charge is -2.30. The van der Waals surface area contributed by atoms with Gasteiger partial charge in [0, 0.05) is 30.5 Å². The minimum absolute atomic E-state index is 0.321. The largest absolute Gasteiger partial charge is 0.497 e. The third kappa shape index (κ3) is 5.70. The van der Waals surface area contributed by atoms with E-state index in [4.69, 9.17) is 4.74 Å². The van der Waals surface area contributed by atoms with Crippen molar-refractivity contribution in [2.75, 3.05) is 41.0 Å². The van der Waals surface area contributed by atoms with Gasteiger partial charge in [0.05, 0.1) is 19.1 Å². The molecule has 1 atom stereocenters. The summed E-state index contributed by atoms with van der Waals surface area (Å²) in [6.45, 7) is 3.89. The fourth-order valence-electron chi connectivity index (χ4n) is 3.94. The van der Waals surface area contributed by atoms with Crippen LogP contribution in [0.3, 0.4) is 0 Å². The van der Waals surface area contributed by atoms with E-state index in [1.165, 1.54) is 26.4 Å². The van der Waals surface area contributed by atoms with Gasteiger partial charge in [-0.3, -0.25) is 9.10 Å². The summed E-state index contributed by atoms with van der Waals surface area (Å²) >= 11 is 0. The molecular formula is C23H31N3O4S. The van der Waals surface area contributed by atoms with Crippen LogP contribution in [0, 0.1) is 0 Å². The number of amides is 1. The highest BCUT2D eigenvalue weighted by Crippen LogP contribution is 2.27. The Morgan fingerprint density at radius 1 is 1.13 bits per heavy atom. The first kappa shape index (κ1) is 22.9. The van der Waals surface area contributed by atoms with Gasteiger partial charge in [0.1, 0.15) is 11.8 Å². The minimum atomic E-state index is -3.70. The van der Waals surface area contributed by atoms with Crippen LogP contribution in [0.25, 0.3) is 0 Å². The van der Waals surface area contributed by atoms with Gasteiger partial charge in [0.25, 0.3) is 0 Å². The highest BCUT2D eigenvalue weighted by Gasteiger charge is 2.31. The molecule has 1 fully saturated rings. The summed E-state index contributed by atoms with van der Waals surface area (Å²) < 4.78 is 31.6. The Morgan fingerprint density at radius 3 is 2.39 bits per heavy atom. The molecule has 168 valence electrons. The molecule has 0 radical (unpaired) electrons. The van der Waals surface area contributed by atoms with E-state index in [0.29, 0.717) is 23.5 Å². The highest BCUT2D eigenvalue weighted by molar-refractivity contribution is 7.92. The number of ether oxygens (including phenoxy) is 1.